The number of nitrogens with one attached hydrogen (secondary N) is 2. The number of hydrogen-bond acceptors (Lipinski definition) is 5. The van der Waals surface area contributed by atoms with Crippen molar-refractivity contribution in [2.75, 3.05) is 7.05 Å². The van der Waals surface area contributed by atoms with Crippen molar-refractivity contribution in [1.29, 1.82) is 0 Å². The fourth-order valence-corrected chi connectivity index (χ4v) is 5.69. The largest absolute Gasteiger partial charge is 0.354 e. The molecule has 0 aliphatic heterocycles. The van der Waals surface area contributed by atoms with Gasteiger partial charge in [-0.2, -0.15) is 0 Å². The van der Waals surface area contributed by atoms with Gasteiger partial charge in [0, 0.05) is 25.8 Å². The topological polar surface area (TPSA) is 111 Å². The first-order valence-electron chi connectivity index (χ1n) is 13.0. The fourth-order valence-electron chi connectivity index (χ4n) is 5.29. The first-order chi connectivity index (χ1) is 19.7. The van der Waals surface area contributed by atoms with E-state index < -0.39 is 23.9 Å². The highest BCUT2D eigenvalue weighted by atomic mass is 35.5. The normalized spacial score (nSPS) is 17.1. The molecule has 9 nitrogen and oxygen atoms in total. The number of carbonyl (C=O) groups excluding carboxylic acids is 2. The Bertz CT molecular complexity index is 1680. The molecule has 3 heterocycles. The molecule has 1 aromatic carbocycles. The lowest BCUT2D eigenvalue weighted by Crippen LogP contribution is -2.39. The van der Waals surface area contributed by atoms with Gasteiger partial charge in [-0.3, -0.25) is 23.7 Å². The van der Waals surface area contributed by atoms with Gasteiger partial charge >= 0.3 is 5.69 Å². The quantitative estimate of drug-likeness (QED) is 0.303. The molecule has 214 valence electrons. The second-order valence-corrected chi connectivity index (χ2v) is 10.7. The highest BCUT2D eigenvalue weighted by molar-refractivity contribution is 6.33. The summed E-state index contributed by atoms with van der Waals surface area (Å²) >= 11 is 12.2. The molecule has 1 aliphatic rings. The predicted octanol–water partition coefficient (Wildman–Crippen LogP) is 5.18. The summed E-state index contributed by atoms with van der Waals surface area (Å²) in [6.07, 6.45) is 2.34. The second-order valence-electron chi connectivity index (χ2n) is 9.90. The molecular formula is C28H26Cl2F2N6O3. The Labute approximate surface area is 243 Å². The van der Waals surface area contributed by atoms with Gasteiger partial charge < -0.3 is 10.6 Å². The van der Waals surface area contributed by atoms with Gasteiger partial charge in [-0.1, -0.05) is 35.3 Å². The molecule has 5 rings (SSSR count). The maximum Gasteiger partial charge on any atom is 0.333 e. The number of carbonyl (C=O) groups is 2. The van der Waals surface area contributed by atoms with E-state index in [2.05, 4.69) is 20.6 Å². The van der Waals surface area contributed by atoms with Crippen LogP contribution in [-0.2, 0) is 6.54 Å². The number of para-hydroxylation sites is 2. The Balaban J connectivity index is 1.32. The van der Waals surface area contributed by atoms with Crippen LogP contribution in [-0.4, -0.2) is 44.0 Å². The molecule has 4 aromatic rings. The zero-order valence-electron chi connectivity index (χ0n) is 21.9. The summed E-state index contributed by atoms with van der Waals surface area (Å²) in [6.45, 7) is 0.457. The fraction of sp³-hybridized carbons (Fsp3) is 0.321. The standard InChI is InChI=1S/C28H26Cl2F2N6O3/c1-33-27(40)24-20(30)11-18(13-35-24)38-22-5-3-2-4-21(22)37(28(38)41)14-15-6-8-17(9-7-15)36-26(39)19-10-16(29)12-34-23(19)25(31)32/h2-5,10-13,15,17,25H,6-9,14H2,1H3,(H,33,40)(H,36,39)/t15-,17-. The Morgan fingerprint density at radius 1 is 1.02 bits per heavy atom. The second kappa shape index (κ2) is 12.0. The summed E-state index contributed by atoms with van der Waals surface area (Å²) in [5, 5.41) is 5.55. The molecule has 41 heavy (non-hydrogen) atoms. The van der Waals surface area contributed by atoms with Crippen LogP contribution in [0, 0.1) is 5.92 Å². The van der Waals surface area contributed by atoms with Gasteiger partial charge in [-0.15, -0.1) is 0 Å². The molecule has 0 saturated heterocycles. The van der Waals surface area contributed by atoms with Gasteiger partial charge in [0.2, 0.25) is 0 Å². The molecule has 0 radical (unpaired) electrons. The number of alkyl halides is 2. The van der Waals surface area contributed by atoms with Gasteiger partial charge in [0.15, 0.2) is 0 Å². The van der Waals surface area contributed by atoms with E-state index in [0.29, 0.717) is 30.6 Å². The first-order valence-corrected chi connectivity index (χ1v) is 13.8. The average molecular weight is 603 g/mol. The van der Waals surface area contributed by atoms with Crippen LogP contribution in [0.2, 0.25) is 10.0 Å². The van der Waals surface area contributed by atoms with Crippen LogP contribution in [0.25, 0.3) is 16.7 Å². The Kier molecular flexibility index (Phi) is 8.37. The first kappa shape index (κ1) is 28.7. The Morgan fingerprint density at radius 2 is 1.73 bits per heavy atom. The van der Waals surface area contributed by atoms with Gasteiger partial charge in [0.1, 0.15) is 11.4 Å². The number of pyridine rings is 2. The molecule has 0 unspecified atom stereocenters. The van der Waals surface area contributed by atoms with Crippen molar-refractivity contribution in [3.05, 3.63) is 86.3 Å². The Hall–Kier alpha value is -3.83. The smallest absolute Gasteiger partial charge is 0.333 e. The Morgan fingerprint density at radius 3 is 2.39 bits per heavy atom. The molecule has 13 heteroatoms. The number of nitrogens with zero attached hydrogens (tertiary/aromatic N) is 4. The number of hydrogen-bond donors (Lipinski definition) is 2. The highest BCUT2D eigenvalue weighted by Crippen LogP contribution is 2.29. The van der Waals surface area contributed by atoms with E-state index in [0.717, 1.165) is 24.6 Å². The molecule has 0 bridgehead atoms. The van der Waals surface area contributed by atoms with E-state index in [9.17, 15) is 23.2 Å². The molecule has 2 N–H and O–H groups in total. The lowest BCUT2D eigenvalue weighted by atomic mass is 9.85. The molecule has 0 spiro atoms. The molecule has 3 aromatic heterocycles. The number of fused-ring (bicyclic) bond motifs is 1. The minimum absolute atomic E-state index is 0.0654. The summed E-state index contributed by atoms with van der Waals surface area (Å²) in [4.78, 5) is 46.2. The SMILES string of the molecule is CNC(=O)c1ncc(-n2c(=O)n(C[C@H]3CC[C@H](NC(=O)c4cc(Cl)cnc4C(F)F)CC3)c3ccccc32)cc1Cl. The van der Waals surface area contributed by atoms with E-state index in [1.54, 1.807) is 10.6 Å². The van der Waals surface area contributed by atoms with Crippen molar-refractivity contribution < 1.29 is 18.4 Å². The van der Waals surface area contributed by atoms with Crippen molar-refractivity contribution in [3.8, 4) is 5.69 Å². The van der Waals surface area contributed by atoms with E-state index in [1.165, 1.54) is 23.9 Å². The summed E-state index contributed by atoms with van der Waals surface area (Å²) in [6, 6.07) is 9.93. The minimum atomic E-state index is -2.90. The summed E-state index contributed by atoms with van der Waals surface area (Å²) in [7, 11) is 1.48. The van der Waals surface area contributed by atoms with Crippen LogP contribution < -0.4 is 16.3 Å². The van der Waals surface area contributed by atoms with Gasteiger partial charge in [0.25, 0.3) is 18.2 Å². The number of amides is 2. The predicted molar refractivity (Wildman–Crippen MR) is 151 cm³/mol. The van der Waals surface area contributed by atoms with Crippen molar-refractivity contribution in [2.45, 2.75) is 44.7 Å². The van der Waals surface area contributed by atoms with E-state index in [-0.39, 0.29) is 39.0 Å². The third-order valence-electron chi connectivity index (χ3n) is 7.32. The maximum absolute atomic E-state index is 13.7. The van der Waals surface area contributed by atoms with Crippen molar-refractivity contribution >= 4 is 46.0 Å². The number of imidazole rings is 1. The van der Waals surface area contributed by atoms with Crippen molar-refractivity contribution in [3.63, 3.8) is 0 Å². The van der Waals surface area contributed by atoms with Crippen LogP contribution in [0.15, 0.2) is 53.6 Å². The van der Waals surface area contributed by atoms with E-state index in [1.807, 2.05) is 24.3 Å². The third kappa shape index (κ3) is 5.82. The highest BCUT2D eigenvalue weighted by Gasteiger charge is 2.27. The molecule has 2 amide bonds. The minimum Gasteiger partial charge on any atom is -0.354 e. The molecular weight excluding hydrogens is 577 g/mol. The van der Waals surface area contributed by atoms with E-state index in [4.69, 9.17) is 23.2 Å². The van der Waals surface area contributed by atoms with Crippen molar-refractivity contribution in [1.82, 2.24) is 29.7 Å². The molecule has 1 aliphatic carbocycles. The van der Waals surface area contributed by atoms with Crippen LogP contribution >= 0.6 is 23.2 Å². The van der Waals surface area contributed by atoms with Gasteiger partial charge in [-0.25, -0.2) is 18.6 Å². The lowest BCUT2D eigenvalue weighted by molar-refractivity contribution is 0.0903. The third-order valence-corrected chi connectivity index (χ3v) is 7.82. The number of rotatable bonds is 7. The lowest BCUT2D eigenvalue weighted by Gasteiger charge is -2.29. The monoisotopic (exact) mass is 602 g/mol. The number of aromatic nitrogens is 4. The van der Waals surface area contributed by atoms with Crippen LogP contribution in [0.5, 0.6) is 0 Å². The molecule has 1 saturated carbocycles. The van der Waals surface area contributed by atoms with Crippen LogP contribution in [0.3, 0.4) is 0 Å². The summed E-state index contributed by atoms with van der Waals surface area (Å²) in [5.74, 6) is -0.906. The molecule has 0 atom stereocenters. The number of halogens is 4. The molecule has 1 fully saturated rings. The summed E-state index contributed by atoms with van der Waals surface area (Å²) in [5.41, 5.74) is 0.827. The van der Waals surface area contributed by atoms with Crippen LogP contribution in [0.1, 0.15) is 58.6 Å². The number of benzene rings is 1. The zero-order chi connectivity index (χ0) is 29.3. The summed E-state index contributed by atoms with van der Waals surface area (Å²) < 4.78 is 29.9. The average Bonchev–Trinajstić information content (AvgIpc) is 3.24. The maximum atomic E-state index is 13.7. The van der Waals surface area contributed by atoms with Crippen LogP contribution in [0.4, 0.5) is 8.78 Å². The van der Waals surface area contributed by atoms with Crippen molar-refractivity contribution in [2.24, 2.45) is 5.92 Å². The zero-order valence-corrected chi connectivity index (χ0v) is 23.4. The van der Waals surface area contributed by atoms with Gasteiger partial charge in [0.05, 0.1) is 38.5 Å². The van der Waals surface area contributed by atoms with E-state index >= 15 is 0 Å². The van der Waals surface area contributed by atoms with Gasteiger partial charge in [-0.05, 0) is 55.9 Å².